The molecule has 1 aliphatic heterocycles. The first kappa shape index (κ1) is 20.7. The molecule has 2 heterocycles. The number of carbonyl (C=O) groups excluding carboxylic acids is 2. The molecule has 2 amide bonds. The molecule has 7 nitrogen and oxygen atoms in total. The first-order chi connectivity index (χ1) is 15.0. The van der Waals surface area contributed by atoms with Gasteiger partial charge in [-0.2, -0.15) is 0 Å². The molecule has 1 saturated heterocycles. The second kappa shape index (κ2) is 9.07. The number of nitrogens with zero attached hydrogens (tertiary/aromatic N) is 3. The van der Waals surface area contributed by atoms with E-state index in [0.29, 0.717) is 42.2 Å². The van der Waals surface area contributed by atoms with Crippen molar-refractivity contribution in [1.29, 1.82) is 0 Å². The summed E-state index contributed by atoms with van der Waals surface area (Å²) in [6.07, 6.45) is 3.81. The van der Waals surface area contributed by atoms with Crippen LogP contribution in [0.4, 0.5) is 16.0 Å². The minimum atomic E-state index is -0.341. The molecule has 8 heteroatoms. The lowest BCUT2D eigenvalue weighted by atomic mass is 10.0. The van der Waals surface area contributed by atoms with Crippen molar-refractivity contribution in [2.24, 2.45) is 0 Å². The molecule has 160 valence electrons. The first-order valence-electron chi connectivity index (χ1n) is 10.4. The molecule has 1 aliphatic rings. The van der Waals surface area contributed by atoms with Crippen LogP contribution in [0, 0.1) is 5.82 Å². The van der Waals surface area contributed by atoms with Crippen molar-refractivity contribution in [2.45, 2.75) is 32.2 Å². The lowest BCUT2D eigenvalue weighted by Gasteiger charge is -2.33. The van der Waals surface area contributed by atoms with Gasteiger partial charge in [0.15, 0.2) is 0 Å². The normalized spacial score (nSPS) is 16.2. The average Bonchev–Trinajstić information content (AvgIpc) is 2.79. The average molecular weight is 421 g/mol. The molecule has 0 unspecified atom stereocenters. The highest BCUT2D eigenvalue weighted by Gasteiger charge is 2.25. The molecule has 4 rings (SSSR count). The third-order valence-corrected chi connectivity index (χ3v) is 5.32. The van der Waals surface area contributed by atoms with Crippen molar-refractivity contribution in [3.05, 3.63) is 60.0 Å². The van der Waals surface area contributed by atoms with Crippen molar-refractivity contribution in [3.8, 4) is 0 Å². The maximum absolute atomic E-state index is 13.5. The first-order valence-corrected chi connectivity index (χ1v) is 10.4. The third kappa shape index (κ3) is 4.96. The van der Waals surface area contributed by atoms with E-state index in [1.165, 1.54) is 12.1 Å². The van der Waals surface area contributed by atoms with E-state index in [1.54, 1.807) is 43.5 Å². The number of carbonyl (C=O) groups is 2. The van der Waals surface area contributed by atoms with Gasteiger partial charge in [-0.3, -0.25) is 9.59 Å². The van der Waals surface area contributed by atoms with Crippen LogP contribution in [0.25, 0.3) is 10.9 Å². The Bertz CT molecular complexity index is 1100. The van der Waals surface area contributed by atoms with Gasteiger partial charge in [0, 0.05) is 54.5 Å². The van der Waals surface area contributed by atoms with Gasteiger partial charge in [-0.05, 0) is 49.2 Å². The predicted molar refractivity (Wildman–Crippen MR) is 117 cm³/mol. The maximum atomic E-state index is 13.5. The van der Waals surface area contributed by atoms with Gasteiger partial charge < -0.3 is 15.5 Å². The van der Waals surface area contributed by atoms with Crippen LogP contribution in [0.3, 0.4) is 0 Å². The molecule has 0 radical (unpaired) electrons. The number of hydrogen-bond donors (Lipinski definition) is 2. The van der Waals surface area contributed by atoms with Gasteiger partial charge in [-0.1, -0.05) is 6.92 Å². The van der Waals surface area contributed by atoms with Gasteiger partial charge in [0.1, 0.15) is 5.82 Å². The van der Waals surface area contributed by atoms with Crippen molar-refractivity contribution in [1.82, 2.24) is 14.9 Å². The van der Waals surface area contributed by atoms with Crippen LogP contribution in [-0.2, 0) is 4.79 Å². The number of piperidine rings is 1. The predicted octanol–water partition coefficient (Wildman–Crippen LogP) is 3.83. The topological polar surface area (TPSA) is 87.2 Å². The van der Waals surface area contributed by atoms with Crippen molar-refractivity contribution < 1.29 is 14.0 Å². The van der Waals surface area contributed by atoms with Crippen LogP contribution >= 0.6 is 0 Å². The Morgan fingerprint density at radius 1 is 1.19 bits per heavy atom. The lowest BCUT2D eigenvalue weighted by Crippen LogP contribution is -2.45. The summed E-state index contributed by atoms with van der Waals surface area (Å²) in [4.78, 5) is 35.0. The zero-order valence-corrected chi connectivity index (χ0v) is 17.3. The van der Waals surface area contributed by atoms with E-state index in [0.717, 1.165) is 18.2 Å². The number of aromatic nitrogens is 2. The summed E-state index contributed by atoms with van der Waals surface area (Å²) in [5, 5.41) is 6.83. The highest BCUT2D eigenvalue weighted by Crippen LogP contribution is 2.19. The molecular weight excluding hydrogens is 397 g/mol. The molecule has 0 saturated carbocycles. The van der Waals surface area contributed by atoms with Crippen LogP contribution in [0.2, 0.25) is 0 Å². The molecule has 0 bridgehead atoms. The largest absolute Gasteiger partial charge is 0.350 e. The highest BCUT2D eigenvalue weighted by molar-refractivity contribution is 5.96. The van der Waals surface area contributed by atoms with Crippen molar-refractivity contribution in [3.63, 3.8) is 0 Å². The fraction of sp³-hybridized carbons (Fsp3) is 0.304. The number of amides is 2. The summed E-state index contributed by atoms with van der Waals surface area (Å²) in [7, 11) is 0. The van der Waals surface area contributed by atoms with Crippen LogP contribution in [0.1, 0.15) is 36.5 Å². The van der Waals surface area contributed by atoms with Crippen molar-refractivity contribution in [2.75, 3.05) is 23.7 Å². The SMILES string of the molecule is CCC(=O)Nc1ccc(C(=O)N2CCC[C@@H](Nc3ncc4ccc(F)cc4n3)C2)cc1. The van der Waals surface area contributed by atoms with Gasteiger partial charge in [0.25, 0.3) is 5.91 Å². The molecule has 2 aromatic carbocycles. The number of benzene rings is 2. The van der Waals surface area contributed by atoms with Gasteiger partial charge in [0.05, 0.1) is 5.52 Å². The van der Waals surface area contributed by atoms with E-state index in [2.05, 4.69) is 20.6 Å². The Labute approximate surface area is 179 Å². The van der Waals surface area contributed by atoms with Gasteiger partial charge in [0.2, 0.25) is 11.9 Å². The van der Waals surface area contributed by atoms with E-state index in [9.17, 15) is 14.0 Å². The highest BCUT2D eigenvalue weighted by atomic mass is 19.1. The number of anilines is 2. The molecule has 3 aromatic rings. The number of nitrogens with one attached hydrogen (secondary N) is 2. The Morgan fingerprint density at radius 3 is 2.77 bits per heavy atom. The number of fused-ring (bicyclic) bond motifs is 1. The summed E-state index contributed by atoms with van der Waals surface area (Å²) in [5.41, 5.74) is 1.79. The minimum absolute atomic E-state index is 0.00632. The third-order valence-electron chi connectivity index (χ3n) is 5.32. The Morgan fingerprint density at radius 2 is 2.00 bits per heavy atom. The van der Waals surface area contributed by atoms with E-state index < -0.39 is 0 Å². The lowest BCUT2D eigenvalue weighted by molar-refractivity contribution is -0.115. The van der Waals surface area contributed by atoms with E-state index in [-0.39, 0.29) is 23.7 Å². The van der Waals surface area contributed by atoms with Gasteiger partial charge in [-0.25, -0.2) is 14.4 Å². The summed E-state index contributed by atoms with van der Waals surface area (Å²) >= 11 is 0. The Hall–Kier alpha value is -3.55. The summed E-state index contributed by atoms with van der Waals surface area (Å²) < 4.78 is 13.5. The molecule has 1 aromatic heterocycles. The second-order valence-corrected chi connectivity index (χ2v) is 7.61. The minimum Gasteiger partial charge on any atom is -0.350 e. The summed E-state index contributed by atoms with van der Waals surface area (Å²) in [6, 6.07) is 11.3. The standard InChI is InChI=1S/C23H24FN5O2/c1-2-21(30)26-18-9-6-15(7-10-18)22(31)29-11-3-4-19(14-29)27-23-25-13-16-5-8-17(24)12-20(16)28-23/h5-10,12-13,19H,2-4,11,14H2,1H3,(H,26,30)(H,25,27,28)/t19-/m1/s1. The quantitative estimate of drug-likeness (QED) is 0.654. The number of likely N-dealkylation sites (tertiary alicyclic amines) is 1. The van der Waals surface area contributed by atoms with Crippen LogP contribution in [-0.4, -0.2) is 45.8 Å². The van der Waals surface area contributed by atoms with Gasteiger partial charge >= 0.3 is 0 Å². The maximum Gasteiger partial charge on any atom is 0.253 e. The zero-order valence-electron chi connectivity index (χ0n) is 17.3. The monoisotopic (exact) mass is 421 g/mol. The van der Waals surface area contributed by atoms with Crippen LogP contribution in [0.15, 0.2) is 48.7 Å². The zero-order chi connectivity index (χ0) is 21.8. The van der Waals surface area contributed by atoms with Crippen molar-refractivity contribution >= 4 is 34.4 Å². The molecule has 0 aliphatic carbocycles. The molecule has 2 N–H and O–H groups in total. The van der Waals surface area contributed by atoms with Gasteiger partial charge in [-0.15, -0.1) is 0 Å². The van der Waals surface area contributed by atoms with Crippen LogP contribution in [0.5, 0.6) is 0 Å². The molecule has 1 fully saturated rings. The summed E-state index contributed by atoms with van der Waals surface area (Å²) in [6.45, 7) is 2.99. The van der Waals surface area contributed by atoms with Crippen LogP contribution < -0.4 is 10.6 Å². The number of halogens is 1. The van der Waals surface area contributed by atoms with E-state index in [4.69, 9.17) is 0 Å². The molecule has 1 atom stereocenters. The fourth-order valence-electron chi connectivity index (χ4n) is 3.66. The molecule has 0 spiro atoms. The number of hydrogen-bond acceptors (Lipinski definition) is 5. The Balaban J connectivity index is 1.41. The molecular formula is C23H24FN5O2. The smallest absolute Gasteiger partial charge is 0.253 e. The molecule has 31 heavy (non-hydrogen) atoms. The Kier molecular flexibility index (Phi) is 6.06. The van der Waals surface area contributed by atoms with E-state index in [1.807, 2.05) is 4.90 Å². The number of rotatable bonds is 5. The fourth-order valence-corrected chi connectivity index (χ4v) is 3.66. The van der Waals surface area contributed by atoms with E-state index >= 15 is 0 Å². The second-order valence-electron chi connectivity index (χ2n) is 7.61. The summed E-state index contributed by atoms with van der Waals surface area (Å²) in [5.74, 6) is -0.0377.